The van der Waals surface area contributed by atoms with Crippen LogP contribution in [0.4, 0.5) is 24.5 Å². The van der Waals surface area contributed by atoms with Crippen LogP contribution in [-0.2, 0) is 12.7 Å². The van der Waals surface area contributed by atoms with Gasteiger partial charge in [-0.2, -0.15) is 13.2 Å². The first-order valence-electron chi connectivity index (χ1n) is 5.78. The first kappa shape index (κ1) is 14.8. The second kappa shape index (κ2) is 5.43. The maximum Gasteiger partial charge on any atom is 0.423 e. The Balaban J connectivity index is 2.26. The number of rotatable bonds is 4. The number of nitro benzene ring substituents is 1. The fourth-order valence-electron chi connectivity index (χ4n) is 1.70. The van der Waals surface area contributed by atoms with E-state index in [0.717, 1.165) is 11.6 Å². The van der Waals surface area contributed by atoms with Gasteiger partial charge >= 0.3 is 6.18 Å². The number of nitrogens with zero attached hydrogens (tertiary/aromatic N) is 2. The molecule has 1 heterocycles. The van der Waals surface area contributed by atoms with Crippen molar-refractivity contribution in [3.05, 3.63) is 51.4 Å². The van der Waals surface area contributed by atoms with E-state index >= 15 is 0 Å². The number of halogens is 3. The van der Waals surface area contributed by atoms with E-state index in [2.05, 4.69) is 10.5 Å². The lowest BCUT2D eigenvalue weighted by Gasteiger charge is -2.10. The molecule has 2 aromatic rings. The lowest BCUT2D eigenvalue weighted by Crippen LogP contribution is -2.10. The lowest BCUT2D eigenvalue weighted by atomic mass is 10.1. The quantitative estimate of drug-likeness (QED) is 0.690. The maximum absolute atomic E-state index is 12.8. The predicted molar refractivity (Wildman–Crippen MR) is 66.7 cm³/mol. The molecule has 1 N–H and O–H groups in total. The van der Waals surface area contributed by atoms with Crippen molar-refractivity contribution in [2.24, 2.45) is 0 Å². The van der Waals surface area contributed by atoms with Gasteiger partial charge in [-0.15, -0.1) is 0 Å². The molecule has 1 aromatic heterocycles. The van der Waals surface area contributed by atoms with Gasteiger partial charge in [-0.3, -0.25) is 10.1 Å². The van der Waals surface area contributed by atoms with Gasteiger partial charge in [0.25, 0.3) is 5.69 Å². The number of nitrogens with one attached hydrogen (secondary N) is 1. The summed E-state index contributed by atoms with van der Waals surface area (Å²) in [5.41, 5.74) is -0.877. The Bertz CT molecular complexity index is 667. The van der Waals surface area contributed by atoms with Gasteiger partial charge in [-0.05, 0) is 19.1 Å². The number of nitro groups is 1. The molecular formula is C12H10F3N3O3. The summed E-state index contributed by atoms with van der Waals surface area (Å²) >= 11 is 0. The Kier molecular flexibility index (Phi) is 3.83. The molecule has 0 aliphatic heterocycles. The zero-order valence-corrected chi connectivity index (χ0v) is 10.8. The summed E-state index contributed by atoms with van der Waals surface area (Å²) in [7, 11) is 0. The Labute approximate surface area is 116 Å². The van der Waals surface area contributed by atoms with Crippen LogP contribution >= 0.6 is 0 Å². The molecule has 2 rings (SSSR count). The molecule has 0 amide bonds. The molecule has 9 heteroatoms. The summed E-state index contributed by atoms with van der Waals surface area (Å²) < 4.78 is 43.1. The van der Waals surface area contributed by atoms with Crippen LogP contribution in [0.25, 0.3) is 0 Å². The highest BCUT2D eigenvalue weighted by molar-refractivity contribution is 5.55. The predicted octanol–water partition coefficient (Wildman–Crippen LogP) is 3.52. The smallest absolute Gasteiger partial charge is 0.379 e. The Morgan fingerprint density at radius 2 is 2.14 bits per heavy atom. The summed E-state index contributed by atoms with van der Waals surface area (Å²) in [6, 6.07) is 2.73. The number of alkyl halides is 3. The lowest BCUT2D eigenvalue weighted by molar-refractivity contribution is -0.388. The zero-order chi connectivity index (χ0) is 15.6. The summed E-state index contributed by atoms with van der Waals surface area (Å²) in [6.45, 7) is 1.89. The van der Waals surface area contributed by atoms with Crippen molar-refractivity contribution in [1.82, 2.24) is 5.16 Å². The van der Waals surface area contributed by atoms with Crippen LogP contribution in [0.2, 0.25) is 0 Å². The molecule has 1 aromatic carbocycles. The molecule has 21 heavy (non-hydrogen) atoms. The fourth-order valence-corrected chi connectivity index (χ4v) is 1.70. The average Bonchev–Trinajstić information content (AvgIpc) is 2.80. The molecule has 0 aliphatic carbocycles. The molecule has 6 nitrogen and oxygen atoms in total. The average molecular weight is 301 g/mol. The van der Waals surface area contributed by atoms with E-state index in [1.54, 1.807) is 6.92 Å². The molecule has 0 saturated carbocycles. The van der Waals surface area contributed by atoms with Crippen molar-refractivity contribution < 1.29 is 22.6 Å². The topological polar surface area (TPSA) is 81.2 Å². The maximum atomic E-state index is 12.8. The van der Waals surface area contributed by atoms with E-state index in [1.807, 2.05) is 0 Å². The van der Waals surface area contributed by atoms with Crippen LogP contribution < -0.4 is 5.32 Å². The number of hydrogen-bond donors (Lipinski definition) is 1. The number of hydrogen-bond acceptors (Lipinski definition) is 5. The van der Waals surface area contributed by atoms with Crippen LogP contribution in [0.5, 0.6) is 0 Å². The summed E-state index contributed by atoms with van der Waals surface area (Å²) in [5, 5.41) is 17.0. The van der Waals surface area contributed by atoms with Gasteiger partial charge in [-0.25, -0.2) is 0 Å². The Morgan fingerprint density at radius 1 is 1.43 bits per heavy atom. The van der Waals surface area contributed by atoms with E-state index in [0.29, 0.717) is 11.8 Å². The minimum atomic E-state index is -4.80. The van der Waals surface area contributed by atoms with E-state index in [9.17, 15) is 23.3 Å². The highest BCUT2D eigenvalue weighted by Gasteiger charge is 2.38. The number of benzene rings is 1. The van der Waals surface area contributed by atoms with Crippen molar-refractivity contribution in [2.75, 3.05) is 5.32 Å². The number of anilines is 1. The van der Waals surface area contributed by atoms with Crippen LogP contribution in [0.15, 0.2) is 29.0 Å². The first-order valence-corrected chi connectivity index (χ1v) is 5.78. The standard InChI is InChI=1S/C12H10F3N3O3/c1-7-6-21-17-10(7)5-16-8-2-3-11(18(19)20)9(4-8)12(13,14)15/h2-4,6,16H,5H2,1H3. The second-order valence-corrected chi connectivity index (χ2v) is 4.28. The summed E-state index contributed by atoms with van der Waals surface area (Å²) in [4.78, 5) is 9.57. The molecule has 0 spiro atoms. The normalized spacial score (nSPS) is 11.4. The third kappa shape index (κ3) is 3.30. The third-order valence-corrected chi connectivity index (χ3v) is 2.81. The van der Waals surface area contributed by atoms with E-state index in [-0.39, 0.29) is 12.2 Å². The zero-order valence-electron chi connectivity index (χ0n) is 10.8. The Morgan fingerprint density at radius 3 is 2.67 bits per heavy atom. The Hall–Kier alpha value is -2.58. The van der Waals surface area contributed by atoms with Gasteiger partial charge in [0.2, 0.25) is 0 Å². The highest BCUT2D eigenvalue weighted by Crippen LogP contribution is 2.37. The summed E-state index contributed by atoms with van der Waals surface area (Å²) in [5.74, 6) is 0. The second-order valence-electron chi connectivity index (χ2n) is 4.28. The molecule has 112 valence electrons. The summed E-state index contributed by atoms with van der Waals surface area (Å²) in [6.07, 6.45) is -3.39. The number of aromatic nitrogens is 1. The van der Waals surface area contributed by atoms with Crippen LogP contribution in [-0.4, -0.2) is 10.1 Å². The van der Waals surface area contributed by atoms with Gasteiger partial charge < -0.3 is 9.84 Å². The minimum Gasteiger partial charge on any atom is -0.379 e. The van der Waals surface area contributed by atoms with Gasteiger partial charge in [0.1, 0.15) is 17.5 Å². The molecule has 0 bridgehead atoms. The largest absolute Gasteiger partial charge is 0.423 e. The molecule has 0 fully saturated rings. The first-order chi connectivity index (χ1) is 9.79. The van der Waals surface area contributed by atoms with E-state index in [4.69, 9.17) is 4.52 Å². The van der Waals surface area contributed by atoms with Crippen molar-refractivity contribution in [3.63, 3.8) is 0 Å². The van der Waals surface area contributed by atoms with Gasteiger partial charge in [-0.1, -0.05) is 5.16 Å². The van der Waals surface area contributed by atoms with Crippen molar-refractivity contribution in [2.45, 2.75) is 19.6 Å². The molecule has 0 unspecified atom stereocenters. The van der Waals surface area contributed by atoms with Gasteiger partial charge in [0.15, 0.2) is 0 Å². The van der Waals surface area contributed by atoms with Crippen molar-refractivity contribution >= 4 is 11.4 Å². The molecule has 0 aliphatic rings. The molecule has 0 radical (unpaired) electrons. The monoisotopic (exact) mass is 301 g/mol. The van der Waals surface area contributed by atoms with Crippen molar-refractivity contribution in [3.8, 4) is 0 Å². The van der Waals surface area contributed by atoms with Gasteiger partial charge in [0, 0.05) is 17.3 Å². The minimum absolute atomic E-state index is 0.107. The SMILES string of the molecule is Cc1conc1CNc1ccc([N+](=O)[O-])c(C(F)(F)F)c1. The molecule has 0 atom stereocenters. The van der Waals surface area contributed by atoms with E-state index in [1.165, 1.54) is 12.3 Å². The van der Waals surface area contributed by atoms with E-state index < -0.39 is 22.4 Å². The molecule has 0 saturated heterocycles. The van der Waals surface area contributed by atoms with Gasteiger partial charge in [0.05, 0.1) is 11.5 Å². The van der Waals surface area contributed by atoms with Crippen molar-refractivity contribution in [1.29, 1.82) is 0 Å². The molecular weight excluding hydrogens is 291 g/mol. The highest BCUT2D eigenvalue weighted by atomic mass is 19.4. The number of aryl methyl sites for hydroxylation is 1. The van der Waals surface area contributed by atoms with Crippen LogP contribution in [0.3, 0.4) is 0 Å². The van der Waals surface area contributed by atoms with Crippen LogP contribution in [0, 0.1) is 17.0 Å². The van der Waals surface area contributed by atoms with Crippen LogP contribution in [0.1, 0.15) is 16.8 Å². The third-order valence-electron chi connectivity index (χ3n) is 2.81. The fraction of sp³-hybridized carbons (Fsp3) is 0.250.